The predicted octanol–water partition coefficient (Wildman–Crippen LogP) is 0.111. The lowest BCUT2D eigenvalue weighted by Crippen LogP contribution is -2.50. The molecule has 2 rings (SSSR count). The Hall–Kier alpha value is -2.65. The number of nitrogens with two attached hydrogens (primary N) is 1. The molecule has 1 unspecified atom stereocenters. The summed E-state index contributed by atoms with van der Waals surface area (Å²) >= 11 is 0. The fourth-order valence-electron chi connectivity index (χ4n) is 2.92. The van der Waals surface area contributed by atoms with Crippen molar-refractivity contribution in [3.63, 3.8) is 0 Å². The molecule has 1 aromatic rings. The highest BCUT2D eigenvalue weighted by atomic mass is 19.1. The first kappa shape index (κ1) is 19.7. The molecule has 4 amide bonds. The quantitative estimate of drug-likeness (QED) is 0.599. The zero-order valence-corrected chi connectivity index (χ0v) is 14.7. The Bertz CT molecular complexity index is 639. The summed E-state index contributed by atoms with van der Waals surface area (Å²) in [6.07, 6.45) is 2.55. The molecule has 10 heteroatoms. The number of halogens is 1. The standard InChI is InChI=1S/C16H24FN5O4/c1-2-3-12(20-15(18)25)14(24)22-6-5-16(17,10-22)9-19-13(23)8-11-4-7-26-21-11/h4,7,12H,2-3,5-6,8-10H2,1H3,(H,19,23)(H3,18,20,25)/t12-,16?/m1/s1. The number of likely N-dealkylation sites (tertiary alicyclic amines) is 1. The van der Waals surface area contributed by atoms with Crippen LogP contribution in [-0.2, 0) is 16.0 Å². The molecular formula is C16H24FN5O4. The topological polar surface area (TPSA) is 131 Å². The van der Waals surface area contributed by atoms with Crippen molar-refractivity contribution < 1.29 is 23.3 Å². The third-order valence-electron chi connectivity index (χ3n) is 4.24. The van der Waals surface area contributed by atoms with Crippen molar-refractivity contribution >= 4 is 17.8 Å². The van der Waals surface area contributed by atoms with E-state index >= 15 is 0 Å². The molecule has 144 valence electrons. The molecule has 1 aliphatic heterocycles. The van der Waals surface area contributed by atoms with Gasteiger partial charge in [-0.3, -0.25) is 9.59 Å². The fourth-order valence-corrected chi connectivity index (χ4v) is 2.92. The Kier molecular flexibility index (Phi) is 6.53. The third-order valence-corrected chi connectivity index (χ3v) is 4.24. The summed E-state index contributed by atoms with van der Waals surface area (Å²) < 4.78 is 19.6. The lowest BCUT2D eigenvalue weighted by molar-refractivity contribution is -0.132. The minimum absolute atomic E-state index is 0.00364. The van der Waals surface area contributed by atoms with Gasteiger partial charge in [0.2, 0.25) is 11.8 Å². The molecule has 26 heavy (non-hydrogen) atoms. The molecule has 1 fully saturated rings. The number of hydrogen-bond donors (Lipinski definition) is 3. The van der Waals surface area contributed by atoms with Gasteiger partial charge in [0.25, 0.3) is 0 Å². The van der Waals surface area contributed by atoms with Crippen LogP contribution in [0.3, 0.4) is 0 Å². The average Bonchev–Trinajstić information content (AvgIpc) is 3.22. The molecule has 0 radical (unpaired) electrons. The molecule has 0 bridgehead atoms. The zero-order valence-electron chi connectivity index (χ0n) is 14.7. The van der Waals surface area contributed by atoms with Gasteiger partial charge in [-0.2, -0.15) is 0 Å². The largest absolute Gasteiger partial charge is 0.364 e. The second kappa shape index (κ2) is 8.63. The summed E-state index contributed by atoms with van der Waals surface area (Å²) in [7, 11) is 0. The van der Waals surface area contributed by atoms with Crippen molar-refractivity contribution in [3.05, 3.63) is 18.0 Å². The zero-order chi connectivity index (χ0) is 19.2. The van der Waals surface area contributed by atoms with E-state index in [9.17, 15) is 18.8 Å². The number of hydrogen-bond acceptors (Lipinski definition) is 5. The molecule has 4 N–H and O–H groups in total. The number of urea groups is 1. The molecule has 2 atom stereocenters. The Morgan fingerprint density at radius 3 is 2.88 bits per heavy atom. The highest BCUT2D eigenvalue weighted by molar-refractivity contribution is 5.86. The van der Waals surface area contributed by atoms with E-state index in [2.05, 4.69) is 20.3 Å². The van der Waals surface area contributed by atoms with Crippen LogP contribution < -0.4 is 16.4 Å². The van der Waals surface area contributed by atoms with E-state index in [1.54, 1.807) is 6.07 Å². The number of amides is 4. The minimum Gasteiger partial charge on any atom is -0.364 e. The highest BCUT2D eigenvalue weighted by Gasteiger charge is 2.42. The van der Waals surface area contributed by atoms with Crippen molar-refractivity contribution in [1.82, 2.24) is 20.7 Å². The van der Waals surface area contributed by atoms with Crippen LogP contribution in [-0.4, -0.2) is 59.2 Å². The van der Waals surface area contributed by atoms with Crippen molar-refractivity contribution in [2.45, 2.75) is 44.3 Å². The Morgan fingerprint density at radius 2 is 2.27 bits per heavy atom. The van der Waals surface area contributed by atoms with Crippen molar-refractivity contribution in [3.8, 4) is 0 Å². The molecule has 2 heterocycles. The lowest BCUT2D eigenvalue weighted by Gasteiger charge is -2.25. The SMILES string of the molecule is CCC[C@@H](NC(N)=O)C(=O)N1CCC(F)(CNC(=O)Cc2ccon2)C1. The van der Waals surface area contributed by atoms with Gasteiger partial charge in [0.05, 0.1) is 25.2 Å². The van der Waals surface area contributed by atoms with Gasteiger partial charge in [0.15, 0.2) is 0 Å². The molecule has 0 saturated carbocycles. The van der Waals surface area contributed by atoms with Crippen molar-refractivity contribution in [2.75, 3.05) is 19.6 Å². The molecule has 1 aromatic heterocycles. The van der Waals surface area contributed by atoms with E-state index in [1.165, 1.54) is 11.2 Å². The maximum Gasteiger partial charge on any atom is 0.312 e. The minimum atomic E-state index is -1.71. The molecule has 1 saturated heterocycles. The van der Waals surface area contributed by atoms with E-state index in [0.717, 1.165) is 0 Å². The van der Waals surface area contributed by atoms with Crippen LogP contribution in [0.25, 0.3) is 0 Å². The van der Waals surface area contributed by atoms with E-state index in [4.69, 9.17) is 5.73 Å². The van der Waals surface area contributed by atoms with Gasteiger partial charge >= 0.3 is 6.03 Å². The first-order chi connectivity index (χ1) is 12.3. The smallest absolute Gasteiger partial charge is 0.312 e. The van der Waals surface area contributed by atoms with E-state index in [-0.39, 0.29) is 44.3 Å². The van der Waals surface area contributed by atoms with Crippen molar-refractivity contribution in [2.24, 2.45) is 5.73 Å². The number of primary amides is 1. The van der Waals surface area contributed by atoms with Gasteiger partial charge in [-0.15, -0.1) is 0 Å². The molecule has 1 aliphatic rings. The molecule has 0 aromatic carbocycles. The summed E-state index contributed by atoms with van der Waals surface area (Å²) in [5.41, 5.74) is 3.84. The lowest BCUT2D eigenvalue weighted by atomic mass is 10.1. The number of alkyl halides is 1. The van der Waals surface area contributed by atoms with E-state index in [1.807, 2.05) is 6.92 Å². The highest BCUT2D eigenvalue weighted by Crippen LogP contribution is 2.26. The summed E-state index contributed by atoms with van der Waals surface area (Å²) in [6, 6.07) is 0.00429. The van der Waals surface area contributed by atoms with Gasteiger partial charge in [-0.05, 0) is 6.42 Å². The predicted molar refractivity (Wildman–Crippen MR) is 89.7 cm³/mol. The number of carbonyl (C=O) groups is 3. The van der Waals surface area contributed by atoms with Crippen molar-refractivity contribution in [1.29, 1.82) is 0 Å². The number of carbonyl (C=O) groups excluding carboxylic acids is 3. The van der Waals surface area contributed by atoms with Crippen LogP contribution in [0.2, 0.25) is 0 Å². The van der Waals surface area contributed by atoms with Gasteiger partial charge in [0, 0.05) is 19.0 Å². The summed E-state index contributed by atoms with van der Waals surface area (Å²) in [6.45, 7) is 1.75. The number of rotatable bonds is 8. The van der Waals surface area contributed by atoms with E-state index < -0.39 is 17.7 Å². The molecule has 0 spiro atoms. The summed E-state index contributed by atoms with van der Waals surface area (Å²) in [4.78, 5) is 36.7. The normalized spacial score (nSPS) is 20.6. The van der Waals surface area contributed by atoms with Crippen LogP contribution in [0, 0.1) is 0 Å². The Balaban J connectivity index is 1.85. The number of nitrogens with one attached hydrogen (secondary N) is 2. The third kappa shape index (κ3) is 5.43. The first-order valence-electron chi connectivity index (χ1n) is 8.52. The monoisotopic (exact) mass is 369 g/mol. The fraction of sp³-hybridized carbons (Fsp3) is 0.625. The Labute approximate surface area is 150 Å². The Morgan fingerprint density at radius 1 is 1.50 bits per heavy atom. The second-order valence-electron chi connectivity index (χ2n) is 6.45. The maximum absolute atomic E-state index is 14.9. The van der Waals surface area contributed by atoms with Gasteiger partial charge < -0.3 is 25.8 Å². The van der Waals surface area contributed by atoms with Gasteiger partial charge in [0.1, 0.15) is 18.0 Å². The maximum atomic E-state index is 14.9. The van der Waals surface area contributed by atoms with Gasteiger partial charge in [-0.25, -0.2) is 9.18 Å². The van der Waals surface area contributed by atoms with Crippen LogP contribution >= 0.6 is 0 Å². The molecular weight excluding hydrogens is 345 g/mol. The van der Waals surface area contributed by atoms with Crippen LogP contribution in [0.4, 0.5) is 9.18 Å². The average molecular weight is 369 g/mol. The van der Waals surface area contributed by atoms with Crippen LogP contribution in [0.5, 0.6) is 0 Å². The van der Waals surface area contributed by atoms with Crippen LogP contribution in [0.1, 0.15) is 31.9 Å². The van der Waals surface area contributed by atoms with Crippen LogP contribution in [0.15, 0.2) is 16.9 Å². The second-order valence-corrected chi connectivity index (χ2v) is 6.45. The summed E-state index contributed by atoms with van der Waals surface area (Å²) in [5, 5.41) is 8.55. The molecule has 9 nitrogen and oxygen atoms in total. The van der Waals surface area contributed by atoms with Gasteiger partial charge in [-0.1, -0.05) is 18.5 Å². The number of nitrogens with zero attached hydrogens (tertiary/aromatic N) is 2. The molecule has 0 aliphatic carbocycles. The van der Waals surface area contributed by atoms with E-state index in [0.29, 0.717) is 18.5 Å². The first-order valence-corrected chi connectivity index (χ1v) is 8.52. The number of aromatic nitrogens is 1. The summed E-state index contributed by atoms with van der Waals surface area (Å²) in [5.74, 6) is -0.737.